The Bertz CT molecular complexity index is 265. The summed E-state index contributed by atoms with van der Waals surface area (Å²) in [7, 11) is 1.65. The molecule has 0 radical (unpaired) electrons. The van der Waals surface area contributed by atoms with E-state index in [0.29, 0.717) is 32.5 Å². The van der Waals surface area contributed by atoms with Crippen molar-refractivity contribution in [3.05, 3.63) is 0 Å². The molecule has 6 heteroatoms. The topological polar surface area (TPSA) is 41.6 Å². The molecule has 0 aromatic rings. The minimum Gasteiger partial charge on any atom is -0.465 e. The Morgan fingerprint density at radius 2 is 2.05 bits per heavy atom. The number of rotatable bonds is 10. The maximum Gasteiger partial charge on any atom is 0.326 e. The summed E-state index contributed by atoms with van der Waals surface area (Å²) in [6, 6.07) is 0. The molecule has 4 nitrogen and oxygen atoms in total. The molecule has 1 unspecified atom stereocenters. The lowest BCUT2D eigenvalue weighted by atomic mass is 9.95. The molecule has 19 heavy (non-hydrogen) atoms. The number of carbonyl (C=O) groups excluding carboxylic acids is 1. The zero-order valence-electron chi connectivity index (χ0n) is 12.3. The van der Waals surface area contributed by atoms with Crippen molar-refractivity contribution in [2.24, 2.45) is 0 Å². The van der Waals surface area contributed by atoms with Gasteiger partial charge in [-0.1, -0.05) is 6.92 Å². The third kappa shape index (κ3) is 7.42. The number of ether oxygens (including phenoxy) is 1. The van der Waals surface area contributed by atoms with Gasteiger partial charge in [-0.3, -0.25) is 4.79 Å². The minimum atomic E-state index is -2.32. The van der Waals surface area contributed by atoms with E-state index in [9.17, 15) is 13.6 Å². The molecule has 0 fully saturated rings. The molecule has 0 aromatic carbocycles. The summed E-state index contributed by atoms with van der Waals surface area (Å²) in [6.45, 7) is 6.76. The van der Waals surface area contributed by atoms with E-state index in [1.54, 1.807) is 25.8 Å². The molecule has 114 valence electrons. The number of hydrogen-bond donors (Lipinski definition) is 1. The fourth-order valence-electron chi connectivity index (χ4n) is 1.97. The molecule has 0 bridgehead atoms. The van der Waals surface area contributed by atoms with Gasteiger partial charge in [0, 0.05) is 0 Å². The standard InChI is InChI=1S/C13H26F2N2O2/c1-5-16-13(3,12(18)19-6-2)8-7-9-17(4)10-11(14)15/h11,16H,5-10H2,1-4H3. The average molecular weight is 280 g/mol. The van der Waals surface area contributed by atoms with Crippen molar-refractivity contribution in [2.75, 3.05) is 33.3 Å². The summed E-state index contributed by atoms with van der Waals surface area (Å²) in [4.78, 5) is 13.5. The van der Waals surface area contributed by atoms with Crippen molar-refractivity contribution in [1.29, 1.82) is 0 Å². The van der Waals surface area contributed by atoms with Crippen LogP contribution < -0.4 is 5.32 Å². The molecule has 0 amide bonds. The number of halogens is 2. The van der Waals surface area contributed by atoms with Crippen molar-refractivity contribution in [3.63, 3.8) is 0 Å². The molecule has 0 saturated carbocycles. The first-order chi connectivity index (χ1) is 8.85. The molecule has 1 N–H and O–H groups in total. The first kappa shape index (κ1) is 18.2. The van der Waals surface area contributed by atoms with Crippen molar-refractivity contribution >= 4 is 5.97 Å². The number of hydrogen-bond acceptors (Lipinski definition) is 4. The second kappa shape index (κ2) is 9.20. The zero-order valence-corrected chi connectivity index (χ0v) is 12.3. The normalized spacial score (nSPS) is 14.7. The Balaban J connectivity index is 4.24. The molecule has 0 heterocycles. The number of esters is 1. The first-order valence-electron chi connectivity index (χ1n) is 6.74. The second-order valence-corrected chi connectivity index (χ2v) is 4.84. The van der Waals surface area contributed by atoms with Crippen LogP contribution in [-0.2, 0) is 9.53 Å². The van der Waals surface area contributed by atoms with Crippen LogP contribution in [0.2, 0.25) is 0 Å². The molecule has 0 aliphatic heterocycles. The van der Waals surface area contributed by atoms with E-state index in [-0.39, 0.29) is 12.5 Å². The van der Waals surface area contributed by atoms with Crippen LogP contribution in [0.15, 0.2) is 0 Å². The van der Waals surface area contributed by atoms with Crippen LogP contribution in [-0.4, -0.2) is 56.1 Å². The third-order valence-corrected chi connectivity index (χ3v) is 2.96. The zero-order chi connectivity index (χ0) is 14.9. The lowest BCUT2D eigenvalue weighted by Crippen LogP contribution is -2.50. The second-order valence-electron chi connectivity index (χ2n) is 4.84. The van der Waals surface area contributed by atoms with E-state index in [1.807, 2.05) is 6.92 Å². The minimum absolute atomic E-state index is 0.239. The summed E-state index contributed by atoms with van der Waals surface area (Å²) in [5.74, 6) is -0.284. The maximum absolute atomic E-state index is 12.2. The van der Waals surface area contributed by atoms with Crippen LogP contribution in [0.1, 0.15) is 33.6 Å². The molecular weight excluding hydrogens is 254 g/mol. The Morgan fingerprint density at radius 1 is 1.42 bits per heavy atom. The predicted octanol–water partition coefficient (Wildman–Crippen LogP) is 1.89. The maximum atomic E-state index is 12.2. The molecule has 0 rings (SSSR count). The number of nitrogens with one attached hydrogen (secondary N) is 1. The fourth-order valence-corrected chi connectivity index (χ4v) is 1.97. The molecule has 0 aliphatic rings. The smallest absolute Gasteiger partial charge is 0.326 e. The molecule has 0 saturated heterocycles. The van der Waals surface area contributed by atoms with E-state index in [0.717, 1.165) is 0 Å². The summed E-state index contributed by atoms with van der Waals surface area (Å²) in [5.41, 5.74) is -0.740. The molecule has 1 atom stereocenters. The number of likely N-dealkylation sites (N-methyl/N-ethyl adjacent to an activating group) is 1. The summed E-state index contributed by atoms with van der Waals surface area (Å²) < 4.78 is 29.4. The quantitative estimate of drug-likeness (QED) is 0.621. The van der Waals surface area contributed by atoms with Gasteiger partial charge in [-0.15, -0.1) is 0 Å². The van der Waals surface area contributed by atoms with Crippen molar-refractivity contribution in [2.45, 2.75) is 45.6 Å². The van der Waals surface area contributed by atoms with Gasteiger partial charge in [0.25, 0.3) is 6.43 Å². The first-order valence-corrected chi connectivity index (χ1v) is 6.74. The van der Waals surface area contributed by atoms with Crippen LogP contribution in [0.5, 0.6) is 0 Å². The van der Waals surface area contributed by atoms with Gasteiger partial charge in [0.05, 0.1) is 13.2 Å². The average Bonchev–Trinajstić information content (AvgIpc) is 2.28. The van der Waals surface area contributed by atoms with Crippen molar-refractivity contribution in [1.82, 2.24) is 10.2 Å². The lowest BCUT2D eigenvalue weighted by Gasteiger charge is -2.29. The van der Waals surface area contributed by atoms with E-state index >= 15 is 0 Å². The number of nitrogens with zero attached hydrogens (tertiary/aromatic N) is 1. The predicted molar refractivity (Wildman–Crippen MR) is 71.4 cm³/mol. The van der Waals surface area contributed by atoms with E-state index in [1.165, 1.54) is 0 Å². The highest BCUT2D eigenvalue weighted by molar-refractivity contribution is 5.80. The van der Waals surface area contributed by atoms with Crippen LogP contribution in [0.3, 0.4) is 0 Å². The Kier molecular flexibility index (Phi) is 8.84. The van der Waals surface area contributed by atoms with Gasteiger partial charge >= 0.3 is 5.97 Å². The Hall–Kier alpha value is -0.750. The highest BCUT2D eigenvalue weighted by Crippen LogP contribution is 2.15. The Morgan fingerprint density at radius 3 is 2.53 bits per heavy atom. The van der Waals surface area contributed by atoms with Gasteiger partial charge in [0.1, 0.15) is 5.54 Å². The molecule has 0 aromatic heterocycles. The highest BCUT2D eigenvalue weighted by Gasteiger charge is 2.33. The van der Waals surface area contributed by atoms with E-state index < -0.39 is 12.0 Å². The van der Waals surface area contributed by atoms with Crippen molar-refractivity contribution in [3.8, 4) is 0 Å². The summed E-state index contributed by atoms with van der Waals surface area (Å²) >= 11 is 0. The lowest BCUT2D eigenvalue weighted by molar-refractivity contribution is -0.150. The monoisotopic (exact) mass is 280 g/mol. The SMILES string of the molecule is CCNC(C)(CCCN(C)CC(F)F)C(=O)OCC. The van der Waals surface area contributed by atoms with E-state index in [4.69, 9.17) is 4.74 Å². The Labute approximate surface area is 114 Å². The van der Waals surface area contributed by atoms with Gasteiger partial charge in [-0.05, 0) is 46.8 Å². The highest BCUT2D eigenvalue weighted by atomic mass is 19.3. The summed E-state index contributed by atoms with van der Waals surface area (Å²) in [5, 5.41) is 3.12. The fraction of sp³-hybridized carbons (Fsp3) is 0.923. The van der Waals surface area contributed by atoms with Gasteiger partial charge in [-0.25, -0.2) is 8.78 Å². The van der Waals surface area contributed by atoms with Crippen LogP contribution in [0, 0.1) is 0 Å². The van der Waals surface area contributed by atoms with E-state index in [2.05, 4.69) is 5.32 Å². The largest absolute Gasteiger partial charge is 0.465 e. The van der Waals surface area contributed by atoms with Gasteiger partial charge in [-0.2, -0.15) is 0 Å². The molecule has 0 aliphatic carbocycles. The third-order valence-electron chi connectivity index (χ3n) is 2.96. The molecular formula is C13H26F2N2O2. The number of carbonyl (C=O) groups is 1. The van der Waals surface area contributed by atoms with Gasteiger partial charge < -0.3 is 15.0 Å². The van der Waals surface area contributed by atoms with Crippen LogP contribution in [0.25, 0.3) is 0 Å². The van der Waals surface area contributed by atoms with Crippen LogP contribution >= 0.6 is 0 Å². The van der Waals surface area contributed by atoms with Gasteiger partial charge in [0.15, 0.2) is 0 Å². The molecule has 0 spiro atoms. The number of alkyl halides is 2. The van der Waals surface area contributed by atoms with Crippen molar-refractivity contribution < 1.29 is 18.3 Å². The summed E-state index contributed by atoms with van der Waals surface area (Å²) in [6.07, 6.45) is -1.10. The van der Waals surface area contributed by atoms with Gasteiger partial charge in [0.2, 0.25) is 0 Å². The van der Waals surface area contributed by atoms with Crippen LogP contribution in [0.4, 0.5) is 8.78 Å².